The Balaban J connectivity index is 0.000000310. The van der Waals surface area contributed by atoms with Crippen LogP contribution in [0.15, 0.2) is 61.7 Å². The van der Waals surface area contributed by atoms with Gasteiger partial charge >= 0.3 is 0 Å². The number of H-pyrrole nitrogens is 1. The van der Waals surface area contributed by atoms with Crippen LogP contribution >= 0.6 is 0 Å². The van der Waals surface area contributed by atoms with Crippen molar-refractivity contribution in [2.75, 3.05) is 0 Å². The second-order valence-electron chi connectivity index (χ2n) is 8.15. The van der Waals surface area contributed by atoms with E-state index in [2.05, 4.69) is 30.4 Å². The normalized spacial score (nSPS) is 13.9. The van der Waals surface area contributed by atoms with Gasteiger partial charge in [-0.1, -0.05) is 94.7 Å². The Morgan fingerprint density at radius 3 is 2.37 bits per heavy atom. The zero-order chi connectivity index (χ0) is 21.5. The molecular formula is C27H32N2O. The maximum Gasteiger partial charge on any atom is 0.255 e. The van der Waals surface area contributed by atoms with E-state index < -0.39 is 0 Å². The summed E-state index contributed by atoms with van der Waals surface area (Å²) in [6.45, 7) is 12.2. The summed E-state index contributed by atoms with van der Waals surface area (Å²) in [6.07, 6.45) is 9.21. The monoisotopic (exact) mass is 400 g/mol. The van der Waals surface area contributed by atoms with Crippen LogP contribution in [0.4, 0.5) is 0 Å². The smallest absolute Gasteiger partial charge is 0.255 e. The van der Waals surface area contributed by atoms with Gasteiger partial charge in [0.2, 0.25) is 0 Å². The van der Waals surface area contributed by atoms with Crippen molar-refractivity contribution in [1.82, 2.24) is 10.3 Å². The first-order valence-corrected chi connectivity index (χ1v) is 10.8. The van der Waals surface area contributed by atoms with E-state index in [1.165, 1.54) is 32.1 Å². The molecule has 2 aromatic carbocycles. The van der Waals surface area contributed by atoms with Crippen molar-refractivity contribution in [3.63, 3.8) is 0 Å². The number of nitrogens with one attached hydrogen (secondary N) is 2. The first-order chi connectivity index (χ1) is 14.5. The molecule has 3 aromatic rings. The van der Waals surface area contributed by atoms with Gasteiger partial charge < -0.3 is 10.3 Å². The third kappa shape index (κ3) is 5.10. The van der Waals surface area contributed by atoms with Gasteiger partial charge in [-0.05, 0) is 30.5 Å². The minimum atomic E-state index is -0.165. The molecule has 156 valence electrons. The summed E-state index contributed by atoms with van der Waals surface area (Å²) in [5, 5.41) is 3.94. The number of carbonyl (C=O) groups excluding carboxylic acids is 1. The van der Waals surface area contributed by atoms with Crippen molar-refractivity contribution in [2.24, 2.45) is 5.92 Å². The van der Waals surface area contributed by atoms with Crippen LogP contribution < -0.4 is 5.32 Å². The summed E-state index contributed by atoms with van der Waals surface area (Å²) in [5.74, 6) is 0.871. The number of aromatic amines is 1. The fourth-order valence-corrected chi connectivity index (χ4v) is 4.01. The molecule has 3 heteroatoms. The van der Waals surface area contributed by atoms with Crippen LogP contribution in [0.2, 0.25) is 0 Å². The summed E-state index contributed by atoms with van der Waals surface area (Å²) in [4.78, 5) is 15.8. The van der Waals surface area contributed by atoms with Crippen molar-refractivity contribution < 1.29 is 4.79 Å². The van der Waals surface area contributed by atoms with Gasteiger partial charge in [0.05, 0.1) is 11.4 Å². The summed E-state index contributed by atoms with van der Waals surface area (Å²) < 4.78 is 0. The first-order valence-electron chi connectivity index (χ1n) is 10.8. The highest BCUT2D eigenvalue weighted by molar-refractivity contribution is 6.02. The Morgan fingerprint density at radius 1 is 1.07 bits per heavy atom. The van der Waals surface area contributed by atoms with Gasteiger partial charge in [0.1, 0.15) is 0 Å². The van der Waals surface area contributed by atoms with Gasteiger partial charge in [0.25, 0.3) is 5.91 Å². The standard InChI is InChI=1S/C20H18N2O.C7H14/c1-4-15-17-11-7-8-12-18(17)22-19(15)14(3)21-20(23)16-10-6-5-9-13(16)2;1-7-5-3-2-4-6-7/h4-12,22H,1,3H2,2H3,(H,21,23);7H,2-6H2,1H3. The highest BCUT2D eigenvalue weighted by Gasteiger charge is 2.15. The van der Waals surface area contributed by atoms with Crippen molar-refractivity contribution in [3.8, 4) is 0 Å². The van der Waals surface area contributed by atoms with Gasteiger partial charge in [0.15, 0.2) is 0 Å². The summed E-state index contributed by atoms with van der Waals surface area (Å²) in [5.41, 5.74) is 4.81. The van der Waals surface area contributed by atoms with Crippen LogP contribution in [0.25, 0.3) is 22.7 Å². The fraction of sp³-hybridized carbons (Fsp3) is 0.296. The van der Waals surface area contributed by atoms with E-state index in [-0.39, 0.29) is 5.91 Å². The van der Waals surface area contributed by atoms with E-state index in [1.807, 2.05) is 49.4 Å². The number of amides is 1. The van der Waals surface area contributed by atoms with Crippen molar-refractivity contribution in [3.05, 3.63) is 84.1 Å². The number of benzene rings is 2. The Kier molecular flexibility index (Phi) is 7.29. The lowest BCUT2D eigenvalue weighted by Gasteiger charge is -2.15. The van der Waals surface area contributed by atoms with Crippen LogP contribution in [0.3, 0.4) is 0 Å². The molecule has 0 unspecified atom stereocenters. The molecule has 2 N–H and O–H groups in total. The molecule has 0 radical (unpaired) electrons. The van der Waals surface area contributed by atoms with Gasteiger partial charge in [-0.25, -0.2) is 0 Å². The van der Waals surface area contributed by atoms with E-state index >= 15 is 0 Å². The SMILES string of the molecule is C=Cc1c(C(=C)NC(=O)c2ccccc2C)[nH]c2ccccc12.CC1CCCCC1. The topological polar surface area (TPSA) is 44.9 Å². The molecule has 30 heavy (non-hydrogen) atoms. The average Bonchev–Trinajstić information content (AvgIpc) is 3.14. The molecule has 0 bridgehead atoms. The molecule has 1 aliphatic carbocycles. The lowest BCUT2D eigenvalue weighted by atomic mass is 9.91. The van der Waals surface area contributed by atoms with E-state index in [0.717, 1.165) is 33.6 Å². The second kappa shape index (κ2) is 10.1. The van der Waals surface area contributed by atoms with Crippen LogP contribution in [-0.4, -0.2) is 10.9 Å². The number of rotatable bonds is 4. The van der Waals surface area contributed by atoms with Crippen molar-refractivity contribution >= 4 is 28.6 Å². The Bertz CT molecular complexity index is 1040. The van der Waals surface area contributed by atoms with E-state index in [4.69, 9.17) is 0 Å². The summed E-state index contributed by atoms with van der Waals surface area (Å²) in [6, 6.07) is 15.4. The average molecular weight is 401 g/mol. The van der Waals surface area contributed by atoms with E-state index in [9.17, 15) is 4.79 Å². The van der Waals surface area contributed by atoms with Gasteiger partial charge in [-0.15, -0.1) is 0 Å². The maximum absolute atomic E-state index is 12.5. The van der Waals surface area contributed by atoms with Crippen LogP contribution in [0.5, 0.6) is 0 Å². The van der Waals surface area contributed by atoms with Crippen molar-refractivity contribution in [1.29, 1.82) is 0 Å². The molecule has 0 aliphatic heterocycles. The number of aryl methyl sites for hydroxylation is 1. The number of para-hydroxylation sites is 1. The van der Waals surface area contributed by atoms with Gasteiger partial charge in [0, 0.05) is 22.0 Å². The quantitative estimate of drug-likeness (QED) is 0.482. The zero-order valence-corrected chi connectivity index (χ0v) is 18.1. The molecule has 4 rings (SSSR count). The molecule has 1 fully saturated rings. The third-order valence-corrected chi connectivity index (χ3v) is 5.80. The van der Waals surface area contributed by atoms with E-state index in [1.54, 1.807) is 12.1 Å². The highest BCUT2D eigenvalue weighted by Crippen LogP contribution is 2.27. The molecule has 0 atom stereocenters. The Labute approximate surface area is 179 Å². The maximum atomic E-state index is 12.5. The van der Waals surface area contributed by atoms with Crippen LogP contribution in [-0.2, 0) is 0 Å². The molecule has 0 saturated heterocycles. The largest absolute Gasteiger partial charge is 0.353 e. The third-order valence-electron chi connectivity index (χ3n) is 5.80. The van der Waals surface area contributed by atoms with Gasteiger partial charge in [-0.3, -0.25) is 4.79 Å². The second-order valence-corrected chi connectivity index (χ2v) is 8.15. The minimum Gasteiger partial charge on any atom is -0.353 e. The molecule has 1 heterocycles. The molecule has 1 aromatic heterocycles. The van der Waals surface area contributed by atoms with Gasteiger partial charge in [-0.2, -0.15) is 0 Å². The first kappa shape index (κ1) is 21.6. The minimum absolute atomic E-state index is 0.165. The molecular weight excluding hydrogens is 368 g/mol. The van der Waals surface area contributed by atoms with Crippen molar-refractivity contribution in [2.45, 2.75) is 46.0 Å². The summed E-state index contributed by atoms with van der Waals surface area (Å²) in [7, 11) is 0. The van der Waals surface area contributed by atoms with E-state index in [0.29, 0.717) is 11.3 Å². The number of hydrogen-bond donors (Lipinski definition) is 2. The lowest BCUT2D eigenvalue weighted by molar-refractivity contribution is 0.0973. The number of hydrogen-bond acceptors (Lipinski definition) is 1. The number of fused-ring (bicyclic) bond motifs is 1. The Hall–Kier alpha value is -3.07. The molecule has 0 spiro atoms. The fourth-order valence-electron chi connectivity index (χ4n) is 4.01. The molecule has 1 aliphatic rings. The van der Waals surface area contributed by atoms with Crippen LogP contribution in [0, 0.1) is 12.8 Å². The highest BCUT2D eigenvalue weighted by atomic mass is 16.1. The summed E-state index contributed by atoms with van der Waals surface area (Å²) >= 11 is 0. The van der Waals surface area contributed by atoms with Crippen LogP contribution in [0.1, 0.15) is 66.2 Å². The predicted molar refractivity (Wildman–Crippen MR) is 128 cm³/mol. The predicted octanol–water partition coefficient (Wildman–Crippen LogP) is 7.11. The number of carbonyl (C=O) groups is 1. The Morgan fingerprint density at radius 2 is 1.73 bits per heavy atom. The number of aromatic nitrogens is 1. The molecule has 1 amide bonds. The zero-order valence-electron chi connectivity index (χ0n) is 18.1. The lowest BCUT2D eigenvalue weighted by Crippen LogP contribution is -2.22. The molecule has 1 saturated carbocycles. The molecule has 3 nitrogen and oxygen atoms in total.